The molecule has 0 aromatic carbocycles. The number of anilines is 1. The van der Waals surface area contributed by atoms with Gasteiger partial charge in [-0.05, 0) is 53.4 Å². The van der Waals surface area contributed by atoms with E-state index in [4.69, 9.17) is 20.9 Å². The van der Waals surface area contributed by atoms with E-state index in [0.717, 1.165) is 44.2 Å². The van der Waals surface area contributed by atoms with Crippen LogP contribution in [0.4, 0.5) is 5.95 Å². The zero-order valence-electron chi connectivity index (χ0n) is 17.7. The number of aromatic nitrogens is 2. The molecule has 1 aromatic heterocycles. The second kappa shape index (κ2) is 7.71. The van der Waals surface area contributed by atoms with Gasteiger partial charge in [-0.3, -0.25) is 4.79 Å². The molecular formula is C20H30BClN4O3. The molecule has 0 bridgehead atoms. The maximum absolute atomic E-state index is 12.1. The first-order valence-electron chi connectivity index (χ1n) is 10.5. The van der Waals surface area contributed by atoms with E-state index in [1.54, 1.807) is 12.4 Å². The molecule has 0 radical (unpaired) electrons. The molecule has 158 valence electrons. The Balaban J connectivity index is 1.47. The minimum Gasteiger partial charge on any atom is -0.399 e. The summed E-state index contributed by atoms with van der Waals surface area (Å²) in [5, 5.41) is 0. The number of carbonyl (C=O) groups is 1. The first kappa shape index (κ1) is 20.9. The number of likely N-dealkylation sites (tertiary alicyclic amines) is 1. The van der Waals surface area contributed by atoms with Crippen molar-refractivity contribution in [2.75, 3.05) is 23.9 Å². The van der Waals surface area contributed by atoms with E-state index in [1.807, 2.05) is 32.6 Å². The Hall–Kier alpha value is -1.38. The van der Waals surface area contributed by atoms with Crippen molar-refractivity contribution in [3.05, 3.63) is 12.4 Å². The topological polar surface area (TPSA) is 67.8 Å². The van der Waals surface area contributed by atoms with E-state index in [2.05, 4.69) is 14.9 Å². The molecule has 1 atom stereocenters. The van der Waals surface area contributed by atoms with Crippen LogP contribution in [0.5, 0.6) is 0 Å². The van der Waals surface area contributed by atoms with Crippen molar-refractivity contribution in [1.29, 1.82) is 0 Å². The number of nitrogens with zero attached hydrogens (tertiary/aromatic N) is 4. The summed E-state index contributed by atoms with van der Waals surface area (Å²) in [6.45, 7) is 9.68. The van der Waals surface area contributed by atoms with Gasteiger partial charge in [0.1, 0.15) is 5.88 Å². The van der Waals surface area contributed by atoms with Crippen LogP contribution in [0.15, 0.2) is 12.4 Å². The number of hydrogen-bond donors (Lipinski definition) is 0. The van der Waals surface area contributed by atoms with E-state index in [-0.39, 0.29) is 17.8 Å². The Labute approximate surface area is 178 Å². The fourth-order valence-corrected chi connectivity index (χ4v) is 4.17. The van der Waals surface area contributed by atoms with Crippen LogP contribution in [0.2, 0.25) is 0 Å². The summed E-state index contributed by atoms with van der Waals surface area (Å²) in [6.07, 6.45) is 7.90. The summed E-state index contributed by atoms with van der Waals surface area (Å²) in [7, 11) is -0.463. The third-order valence-electron chi connectivity index (χ3n) is 6.65. The Kier molecular flexibility index (Phi) is 5.55. The summed E-state index contributed by atoms with van der Waals surface area (Å²) in [4.78, 5) is 25.6. The minimum absolute atomic E-state index is 0.0157. The largest absolute Gasteiger partial charge is 0.498 e. The lowest BCUT2D eigenvalue weighted by molar-refractivity contribution is -0.129. The predicted molar refractivity (Wildman–Crippen MR) is 114 cm³/mol. The normalized spacial score (nSPS) is 25.5. The average molecular weight is 421 g/mol. The van der Waals surface area contributed by atoms with Crippen molar-refractivity contribution in [3.8, 4) is 0 Å². The molecule has 3 aliphatic rings. The number of alkyl halides is 1. The van der Waals surface area contributed by atoms with Crippen LogP contribution in [-0.2, 0) is 14.1 Å². The van der Waals surface area contributed by atoms with Gasteiger partial charge in [-0.15, -0.1) is 11.6 Å². The Morgan fingerprint density at radius 1 is 1.21 bits per heavy atom. The maximum atomic E-state index is 12.1. The number of carbonyl (C=O) groups excluding carboxylic acids is 1. The molecule has 3 fully saturated rings. The van der Waals surface area contributed by atoms with E-state index >= 15 is 0 Å². The number of halogens is 1. The monoisotopic (exact) mass is 420 g/mol. The Morgan fingerprint density at radius 2 is 1.83 bits per heavy atom. The van der Waals surface area contributed by atoms with Gasteiger partial charge in [0, 0.05) is 43.0 Å². The number of rotatable bonds is 6. The molecule has 0 N–H and O–H groups in total. The first-order chi connectivity index (χ1) is 13.7. The molecule has 2 aliphatic heterocycles. The lowest BCUT2D eigenvalue weighted by atomic mass is 9.81. The fourth-order valence-electron chi connectivity index (χ4n) is 4.02. The van der Waals surface area contributed by atoms with Gasteiger partial charge >= 0.3 is 7.12 Å². The lowest BCUT2D eigenvalue weighted by Crippen LogP contribution is -2.45. The van der Waals surface area contributed by atoms with Gasteiger partial charge in [-0.2, -0.15) is 0 Å². The summed E-state index contributed by atoms with van der Waals surface area (Å²) in [6, 6.07) is 0.625. The highest BCUT2D eigenvalue weighted by atomic mass is 35.5. The molecular weight excluding hydrogens is 391 g/mol. The fraction of sp³-hybridized carbons (Fsp3) is 0.750. The lowest BCUT2D eigenvalue weighted by Gasteiger charge is -2.32. The van der Waals surface area contributed by atoms with Crippen molar-refractivity contribution in [1.82, 2.24) is 14.9 Å². The van der Waals surface area contributed by atoms with Crippen molar-refractivity contribution in [2.45, 2.75) is 76.7 Å². The van der Waals surface area contributed by atoms with Gasteiger partial charge in [0.2, 0.25) is 11.9 Å². The van der Waals surface area contributed by atoms with Crippen LogP contribution in [0.25, 0.3) is 0 Å². The van der Waals surface area contributed by atoms with Crippen LogP contribution >= 0.6 is 11.6 Å². The molecule has 29 heavy (non-hydrogen) atoms. The van der Waals surface area contributed by atoms with Crippen LogP contribution in [0.3, 0.4) is 0 Å². The second-order valence-electron chi connectivity index (χ2n) is 9.30. The van der Waals surface area contributed by atoms with Gasteiger partial charge in [0.15, 0.2) is 0 Å². The molecule has 1 aromatic rings. The molecule has 9 heteroatoms. The second-order valence-corrected chi connectivity index (χ2v) is 9.57. The maximum Gasteiger partial charge on any atom is 0.498 e. The van der Waals surface area contributed by atoms with Crippen LogP contribution in [0.1, 0.15) is 53.4 Å². The average Bonchev–Trinajstić information content (AvgIpc) is 3.37. The summed E-state index contributed by atoms with van der Waals surface area (Å²) >= 11 is 5.79. The van der Waals surface area contributed by atoms with Gasteiger partial charge in [-0.25, -0.2) is 9.97 Å². The highest BCUT2D eigenvalue weighted by Crippen LogP contribution is 2.36. The molecule has 0 spiro atoms. The number of amides is 1. The zero-order valence-corrected chi connectivity index (χ0v) is 18.5. The molecule has 2 saturated heterocycles. The third kappa shape index (κ3) is 4.12. The van der Waals surface area contributed by atoms with Crippen LogP contribution < -0.4 is 10.4 Å². The van der Waals surface area contributed by atoms with Crippen LogP contribution in [0, 0.1) is 0 Å². The zero-order chi connectivity index (χ0) is 20.8. The van der Waals surface area contributed by atoms with Gasteiger partial charge in [0.05, 0.1) is 11.2 Å². The Bertz CT molecular complexity index is 741. The smallest absolute Gasteiger partial charge is 0.399 e. The van der Waals surface area contributed by atoms with Gasteiger partial charge in [0.25, 0.3) is 0 Å². The highest BCUT2D eigenvalue weighted by molar-refractivity contribution is 6.61. The minimum atomic E-state index is -0.463. The van der Waals surface area contributed by atoms with Crippen molar-refractivity contribution >= 4 is 36.0 Å². The van der Waals surface area contributed by atoms with Gasteiger partial charge in [-0.1, -0.05) is 0 Å². The van der Waals surface area contributed by atoms with E-state index < -0.39 is 18.3 Å². The molecule has 7 nitrogen and oxygen atoms in total. The van der Waals surface area contributed by atoms with Crippen molar-refractivity contribution in [3.63, 3.8) is 0 Å². The third-order valence-corrected chi connectivity index (χ3v) is 6.88. The standard InChI is InChI=1S/C20H30BClN4O3/c1-19(2)20(3,4)29-21(28-19)14-11-23-18(24-12-14)26(15-7-8-15)13-16-6-5-9-25(16)17(27)10-22/h11-12,15-16H,5-10,13H2,1-4H3/t16-/m0/s1. The van der Waals surface area contributed by atoms with E-state index in [1.165, 1.54) is 0 Å². The summed E-state index contributed by atoms with van der Waals surface area (Å²) < 4.78 is 12.2. The SMILES string of the molecule is CC1(C)OB(c2cnc(N(C[C@@H]3CCCN3C(=O)CCl)C3CC3)nc2)OC1(C)C. The molecule has 4 rings (SSSR count). The van der Waals surface area contributed by atoms with E-state index in [9.17, 15) is 4.79 Å². The predicted octanol–water partition coefficient (Wildman–Crippen LogP) is 1.97. The molecule has 1 aliphatic carbocycles. The molecule has 1 saturated carbocycles. The summed E-state index contributed by atoms with van der Waals surface area (Å²) in [5.41, 5.74) is 0.0390. The van der Waals surface area contributed by atoms with Crippen LogP contribution in [-0.4, -0.2) is 70.1 Å². The van der Waals surface area contributed by atoms with Crippen molar-refractivity contribution < 1.29 is 14.1 Å². The molecule has 1 amide bonds. The quantitative estimate of drug-likeness (QED) is 0.518. The first-order valence-corrected chi connectivity index (χ1v) is 11.0. The van der Waals surface area contributed by atoms with Crippen molar-refractivity contribution in [2.24, 2.45) is 0 Å². The van der Waals surface area contributed by atoms with Gasteiger partial charge < -0.3 is 19.1 Å². The molecule has 3 heterocycles. The van der Waals surface area contributed by atoms with E-state index in [0.29, 0.717) is 12.0 Å². The number of hydrogen-bond acceptors (Lipinski definition) is 6. The molecule has 0 unspecified atom stereocenters. The highest BCUT2D eigenvalue weighted by Gasteiger charge is 2.52. The Morgan fingerprint density at radius 3 is 2.38 bits per heavy atom. The summed E-state index contributed by atoms with van der Waals surface area (Å²) in [5.74, 6) is 0.763.